The van der Waals surface area contributed by atoms with Crippen molar-refractivity contribution in [2.24, 2.45) is 5.92 Å². The number of hydrogen-bond donors (Lipinski definition) is 0. The molecule has 0 amide bonds. The molecule has 1 heterocycles. The fraction of sp³-hybridized carbons (Fsp3) is 0.500. The summed E-state index contributed by atoms with van der Waals surface area (Å²) in [4.78, 5) is 2.61. The average molecular weight is 438 g/mol. The van der Waals surface area contributed by atoms with E-state index in [0.717, 1.165) is 36.3 Å². The second kappa shape index (κ2) is 9.16. The Morgan fingerprint density at radius 2 is 1.87 bits per heavy atom. The van der Waals surface area contributed by atoms with E-state index in [0.29, 0.717) is 20.8 Å². The molecule has 0 N–H and O–H groups in total. The van der Waals surface area contributed by atoms with Crippen LogP contribution in [-0.2, 0) is 24.9 Å². The van der Waals surface area contributed by atoms with E-state index in [4.69, 9.17) is 0 Å². The summed E-state index contributed by atoms with van der Waals surface area (Å²) in [6.07, 6.45) is 5.28. The first kappa shape index (κ1) is 22.7. The Morgan fingerprint density at radius 3 is 2.61 bits per heavy atom. The highest BCUT2D eigenvalue weighted by Crippen LogP contribution is 2.38. The number of halogens is 1. The van der Waals surface area contributed by atoms with Gasteiger partial charge >= 0.3 is 0 Å². The van der Waals surface area contributed by atoms with Crippen molar-refractivity contribution in [1.29, 1.82) is 0 Å². The first-order valence-corrected chi connectivity index (χ1v) is 13.1. The zero-order valence-electron chi connectivity index (χ0n) is 19.6. The third kappa shape index (κ3) is 5.12. The first-order chi connectivity index (χ1) is 14.7. The van der Waals surface area contributed by atoms with Gasteiger partial charge < -0.3 is 0 Å². The lowest BCUT2D eigenvalue weighted by molar-refractivity contribution is 0.184. The number of benzene rings is 2. The van der Waals surface area contributed by atoms with Crippen LogP contribution in [0, 0.1) is 19.8 Å². The molecule has 31 heavy (non-hydrogen) atoms. The molecule has 4 rings (SSSR count). The molecule has 166 valence electrons. The minimum absolute atomic E-state index is 0.541. The lowest BCUT2D eigenvalue weighted by atomic mass is 9.83. The van der Waals surface area contributed by atoms with Gasteiger partial charge in [0.25, 0.3) is 0 Å². The number of fused-ring (bicyclic) bond motifs is 1. The fourth-order valence-electron chi connectivity index (χ4n) is 5.51. The summed E-state index contributed by atoms with van der Waals surface area (Å²) in [6, 6.07) is 13.6. The van der Waals surface area contributed by atoms with Crippen molar-refractivity contribution in [3.8, 4) is 0 Å². The molecule has 0 bridgehead atoms. The molecule has 1 nitrogen and oxygen atoms in total. The Labute approximate surface area is 189 Å². The van der Waals surface area contributed by atoms with E-state index >= 15 is 4.39 Å². The van der Waals surface area contributed by atoms with Crippen LogP contribution >= 0.6 is 8.58 Å². The van der Waals surface area contributed by atoms with Crippen LogP contribution in [0.15, 0.2) is 48.6 Å². The summed E-state index contributed by atoms with van der Waals surface area (Å²) < 4.78 is 15.5. The van der Waals surface area contributed by atoms with Gasteiger partial charge in [0.1, 0.15) is 5.67 Å². The maximum atomic E-state index is 15.5. The minimum Gasteiger partial charge on any atom is -0.288 e. The van der Waals surface area contributed by atoms with Crippen molar-refractivity contribution in [1.82, 2.24) is 4.90 Å². The molecule has 1 fully saturated rings. The molecule has 2 aromatic rings. The number of nitrogens with zero attached hydrogens (tertiary/aromatic N) is 1. The molecular weight excluding hydrogens is 400 g/mol. The number of alkyl halides is 1. The average Bonchev–Trinajstić information content (AvgIpc) is 3.10. The van der Waals surface area contributed by atoms with Crippen molar-refractivity contribution in [2.45, 2.75) is 77.9 Å². The maximum absolute atomic E-state index is 15.5. The van der Waals surface area contributed by atoms with Gasteiger partial charge in [-0.05, 0) is 79.9 Å². The van der Waals surface area contributed by atoms with Crippen LogP contribution in [0.2, 0.25) is 0 Å². The van der Waals surface area contributed by atoms with E-state index in [1.807, 2.05) is 19.1 Å². The predicted octanol–water partition coefficient (Wildman–Crippen LogP) is 7.43. The van der Waals surface area contributed by atoms with Gasteiger partial charge in [0.2, 0.25) is 0 Å². The van der Waals surface area contributed by atoms with Gasteiger partial charge in [0.15, 0.2) is 0 Å². The highest BCUT2D eigenvalue weighted by molar-refractivity contribution is 7.37. The lowest BCUT2D eigenvalue weighted by Gasteiger charge is -2.35. The van der Waals surface area contributed by atoms with Gasteiger partial charge in [-0.25, -0.2) is 4.39 Å². The number of aryl methyl sites for hydroxylation is 2. The van der Waals surface area contributed by atoms with Gasteiger partial charge in [-0.3, -0.25) is 4.90 Å². The van der Waals surface area contributed by atoms with Crippen LogP contribution in [0.4, 0.5) is 4.39 Å². The van der Waals surface area contributed by atoms with Crippen molar-refractivity contribution < 1.29 is 4.39 Å². The molecule has 1 aliphatic carbocycles. The maximum Gasteiger partial charge on any atom is 0.137 e. The molecule has 0 saturated heterocycles. The Kier molecular flexibility index (Phi) is 6.71. The lowest BCUT2D eigenvalue weighted by Crippen LogP contribution is -2.35. The summed E-state index contributed by atoms with van der Waals surface area (Å²) in [5.74, 6) is 0.784. The van der Waals surface area contributed by atoms with Gasteiger partial charge in [-0.2, -0.15) is 0 Å². The largest absolute Gasteiger partial charge is 0.288 e. The molecular formula is C28H37FNP. The van der Waals surface area contributed by atoms with Gasteiger partial charge in [-0.1, -0.05) is 61.0 Å². The van der Waals surface area contributed by atoms with Gasteiger partial charge in [0, 0.05) is 25.3 Å². The molecule has 2 aromatic carbocycles. The highest BCUT2D eigenvalue weighted by Gasteiger charge is 2.31. The summed E-state index contributed by atoms with van der Waals surface area (Å²) in [5, 5.41) is 0. The summed E-state index contributed by atoms with van der Waals surface area (Å²) in [5.41, 5.74) is 7.53. The van der Waals surface area contributed by atoms with Crippen molar-refractivity contribution in [3.63, 3.8) is 0 Å². The van der Waals surface area contributed by atoms with E-state index in [2.05, 4.69) is 49.6 Å². The highest BCUT2D eigenvalue weighted by atomic mass is 31.1. The third-order valence-corrected chi connectivity index (χ3v) is 8.77. The Balaban J connectivity index is 1.35. The first-order valence-electron chi connectivity index (χ1n) is 11.7. The molecule has 2 aliphatic rings. The van der Waals surface area contributed by atoms with Crippen LogP contribution in [0.1, 0.15) is 66.5 Å². The molecule has 0 radical (unpaired) electrons. The Morgan fingerprint density at radius 1 is 1.10 bits per heavy atom. The zero-order valence-corrected chi connectivity index (χ0v) is 20.6. The standard InChI is InChI=1S/C28H37FNP/c1-19-6-10-26(21(3)12-19)28(5,29)18-31-17-23-8-9-24-15-30(16-25(24)14-23)27-11-7-20(2)13-22(27)4/h6,8-10,12,14,20,27,31H,4,7,11,13,15-18H2,1-3,5H3. The van der Waals surface area contributed by atoms with E-state index in [1.165, 1.54) is 47.1 Å². The van der Waals surface area contributed by atoms with Gasteiger partial charge in [0.05, 0.1) is 0 Å². The minimum atomic E-state index is -1.26. The number of rotatable bonds is 6. The third-order valence-electron chi connectivity index (χ3n) is 7.20. The van der Waals surface area contributed by atoms with Crippen LogP contribution < -0.4 is 0 Å². The second-order valence-electron chi connectivity index (χ2n) is 10.2. The zero-order chi connectivity index (χ0) is 22.2. The quantitative estimate of drug-likeness (QED) is 0.336. The topological polar surface area (TPSA) is 3.24 Å². The van der Waals surface area contributed by atoms with Crippen LogP contribution in [0.3, 0.4) is 0 Å². The molecule has 4 atom stereocenters. The second-order valence-corrected chi connectivity index (χ2v) is 11.4. The molecule has 4 unspecified atom stereocenters. The molecule has 0 aromatic heterocycles. The van der Waals surface area contributed by atoms with Crippen LogP contribution in [-0.4, -0.2) is 17.1 Å². The fourth-order valence-corrected chi connectivity index (χ4v) is 6.81. The van der Waals surface area contributed by atoms with E-state index in [-0.39, 0.29) is 0 Å². The molecule has 3 heteroatoms. The monoisotopic (exact) mass is 437 g/mol. The summed E-state index contributed by atoms with van der Waals surface area (Å²) in [6.45, 7) is 14.7. The van der Waals surface area contributed by atoms with Crippen LogP contribution in [0.5, 0.6) is 0 Å². The Hall–Kier alpha value is -1.50. The van der Waals surface area contributed by atoms with E-state index < -0.39 is 5.67 Å². The summed E-state index contributed by atoms with van der Waals surface area (Å²) in [7, 11) is 0.584. The SMILES string of the molecule is C=C1CC(C)CCC1N1Cc2ccc(CPCC(C)(F)c3ccc(C)cc3C)cc2C1. The van der Waals surface area contributed by atoms with E-state index in [9.17, 15) is 0 Å². The normalized spacial score (nSPS) is 24.0. The van der Waals surface area contributed by atoms with Crippen molar-refractivity contribution in [3.05, 3.63) is 81.9 Å². The Bertz CT molecular complexity index is 963. The van der Waals surface area contributed by atoms with Crippen LogP contribution in [0.25, 0.3) is 0 Å². The predicted molar refractivity (Wildman–Crippen MR) is 133 cm³/mol. The van der Waals surface area contributed by atoms with E-state index in [1.54, 1.807) is 6.92 Å². The van der Waals surface area contributed by atoms with Crippen molar-refractivity contribution >= 4 is 8.58 Å². The summed E-state index contributed by atoms with van der Waals surface area (Å²) >= 11 is 0. The molecule has 0 spiro atoms. The molecule has 1 aliphatic heterocycles. The number of hydrogen-bond acceptors (Lipinski definition) is 1. The molecule has 1 saturated carbocycles. The smallest absolute Gasteiger partial charge is 0.137 e. The van der Waals surface area contributed by atoms with Crippen molar-refractivity contribution in [2.75, 3.05) is 6.16 Å². The van der Waals surface area contributed by atoms with Gasteiger partial charge in [-0.15, -0.1) is 8.58 Å².